The highest BCUT2D eigenvalue weighted by Gasteiger charge is 2.30. The van der Waals surface area contributed by atoms with E-state index in [0.717, 1.165) is 27.3 Å². The van der Waals surface area contributed by atoms with Crippen LogP contribution in [0.1, 0.15) is 42.1 Å². The van der Waals surface area contributed by atoms with Crippen LogP contribution in [0.15, 0.2) is 36.4 Å². The van der Waals surface area contributed by atoms with Crippen molar-refractivity contribution in [3.8, 4) is 5.75 Å². The molecule has 0 heterocycles. The van der Waals surface area contributed by atoms with Gasteiger partial charge in [0.2, 0.25) is 15.9 Å². The van der Waals surface area contributed by atoms with Gasteiger partial charge in [-0.3, -0.25) is 9.10 Å². The maximum Gasteiger partial charge on any atom is 0.244 e. The van der Waals surface area contributed by atoms with Gasteiger partial charge in [0.15, 0.2) is 0 Å². The Labute approximate surface area is 173 Å². The van der Waals surface area contributed by atoms with E-state index in [1.807, 2.05) is 20.8 Å². The van der Waals surface area contributed by atoms with Crippen molar-refractivity contribution in [1.29, 1.82) is 0 Å². The molecule has 2 rings (SSSR count). The molecule has 0 aromatic heterocycles. The van der Waals surface area contributed by atoms with E-state index in [9.17, 15) is 13.2 Å². The van der Waals surface area contributed by atoms with Crippen LogP contribution >= 0.6 is 0 Å². The summed E-state index contributed by atoms with van der Waals surface area (Å²) in [5.41, 5.74) is 4.86. The average Bonchev–Trinajstić information content (AvgIpc) is 2.64. The van der Waals surface area contributed by atoms with E-state index in [1.54, 1.807) is 31.2 Å². The number of carbonyl (C=O) groups excluding carboxylic acids is 1. The third kappa shape index (κ3) is 5.29. The van der Waals surface area contributed by atoms with E-state index >= 15 is 0 Å². The molecular weight excluding hydrogens is 388 g/mol. The Morgan fingerprint density at radius 3 is 2.07 bits per heavy atom. The first-order chi connectivity index (χ1) is 13.5. The molecule has 2 aromatic carbocycles. The summed E-state index contributed by atoms with van der Waals surface area (Å²) in [6.45, 7) is 9.58. The van der Waals surface area contributed by atoms with E-state index in [1.165, 1.54) is 12.7 Å². The van der Waals surface area contributed by atoms with Crippen LogP contribution in [-0.2, 0) is 14.8 Å². The molecule has 1 amide bonds. The Bertz CT molecular complexity index is 985. The lowest BCUT2D eigenvalue weighted by molar-refractivity contribution is -0.122. The van der Waals surface area contributed by atoms with Gasteiger partial charge in [-0.2, -0.15) is 0 Å². The van der Waals surface area contributed by atoms with Crippen molar-refractivity contribution in [2.75, 3.05) is 17.7 Å². The van der Waals surface area contributed by atoms with Crippen LogP contribution in [0.25, 0.3) is 0 Å². The molecule has 0 bridgehead atoms. The molecule has 0 aliphatic rings. The first kappa shape index (κ1) is 22.7. The van der Waals surface area contributed by atoms with E-state index < -0.39 is 16.1 Å². The minimum Gasteiger partial charge on any atom is -0.497 e. The lowest BCUT2D eigenvalue weighted by Gasteiger charge is -2.29. The minimum absolute atomic E-state index is 0.249. The zero-order valence-corrected chi connectivity index (χ0v) is 18.9. The van der Waals surface area contributed by atoms with Crippen LogP contribution in [0.4, 0.5) is 5.69 Å². The Kier molecular flexibility index (Phi) is 6.95. The Morgan fingerprint density at radius 2 is 1.55 bits per heavy atom. The second-order valence-corrected chi connectivity index (χ2v) is 9.32. The molecule has 0 saturated heterocycles. The number of nitrogens with one attached hydrogen (secondary N) is 1. The number of carbonyl (C=O) groups is 1. The number of rotatable bonds is 7. The monoisotopic (exact) mass is 418 g/mol. The van der Waals surface area contributed by atoms with Gasteiger partial charge in [-0.1, -0.05) is 12.1 Å². The summed E-state index contributed by atoms with van der Waals surface area (Å²) in [4.78, 5) is 12.9. The average molecular weight is 419 g/mol. The van der Waals surface area contributed by atoms with Crippen molar-refractivity contribution in [2.24, 2.45) is 0 Å². The second kappa shape index (κ2) is 8.86. The van der Waals surface area contributed by atoms with E-state index in [0.29, 0.717) is 11.4 Å². The number of hydrogen-bond donors (Lipinski definition) is 1. The maximum atomic E-state index is 12.9. The molecule has 7 heteroatoms. The molecule has 0 aliphatic carbocycles. The fourth-order valence-electron chi connectivity index (χ4n) is 3.40. The number of amides is 1. The largest absolute Gasteiger partial charge is 0.497 e. The molecule has 1 N–H and O–H groups in total. The van der Waals surface area contributed by atoms with E-state index in [2.05, 4.69) is 24.4 Å². The van der Waals surface area contributed by atoms with Gasteiger partial charge in [-0.05, 0) is 81.1 Å². The molecule has 0 fully saturated rings. The van der Waals surface area contributed by atoms with Gasteiger partial charge in [0, 0.05) is 0 Å². The van der Waals surface area contributed by atoms with Gasteiger partial charge >= 0.3 is 0 Å². The Hall–Kier alpha value is -2.54. The molecule has 6 nitrogen and oxygen atoms in total. The minimum atomic E-state index is -3.67. The summed E-state index contributed by atoms with van der Waals surface area (Å²) >= 11 is 0. The normalized spacial score (nSPS) is 13.5. The van der Waals surface area contributed by atoms with Crippen molar-refractivity contribution in [3.63, 3.8) is 0 Å². The predicted molar refractivity (Wildman–Crippen MR) is 117 cm³/mol. The number of nitrogens with zero attached hydrogens (tertiary/aromatic N) is 1. The standard InChI is InChI=1S/C22H30N2O4S/c1-14-12-16(3)21(13-15(14)2)17(4)23-22(25)18(5)24(29(7,26)27)19-8-10-20(28-6)11-9-19/h8-13,17-18H,1-7H3,(H,23,25)/t17-,18+/m0/s1. The van der Waals surface area contributed by atoms with Crippen molar-refractivity contribution < 1.29 is 17.9 Å². The topological polar surface area (TPSA) is 75.7 Å². The molecule has 0 saturated carbocycles. The second-order valence-electron chi connectivity index (χ2n) is 7.46. The van der Waals surface area contributed by atoms with Crippen LogP contribution in [-0.4, -0.2) is 33.7 Å². The van der Waals surface area contributed by atoms with Crippen molar-refractivity contribution in [2.45, 2.75) is 46.7 Å². The summed E-state index contributed by atoms with van der Waals surface area (Å²) in [6.07, 6.45) is 1.10. The zero-order chi connectivity index (χ0) is 21.9. The molecule has 0 spiro atoms. The number of benzene rings is 2. The molecule has 2 atom stereocenters. The van der Waals surface area contributed by atoms with Crippen LogP contribution in [0.5, 0.6) is 5.75 Å². The molecule has 0 aliphatic heterocycles. The Morgan fingerprint density at radius 1 is 1.00 bits per heavy atom. The van der Waals surface area contributed by atoms with Crippen LogP contribution < -0.4 is 14.4 Å². The fourth-order valence-corrected chi connectivity index (χ4v) is 4.57. The number of methoxy groups -OCH3 is 1. The highest BCUT2D eigenvalue weighted by molar-refractivity contribution is 7.92. The van der Waals surface area contributed by atoms with Gasteiger partial charge in [-0.25, -0.2) is 8.42 Å². The van der Waals surface area contributed by atoms with E-state index in [-0.39, 0.29) is 11.9 Å². The maximum absolute atomic E-state index is 12.9. The third-order valence-electron chi connectivity index (χ3n) is 5.12. The summed E-state index contributed by atoms with van der Waals surface area (Å²) in [6, 6.07) is 9.59. The third-order valence-corrected chi connectivity index (χ3v) is 6.36. The quantitative estimate of drug-likeness (QED) is 0.745. The first-order valence-corrected chi connectivity index (χ1v) is 11.3. The molecule has 2 aromatic rings. The van der Waals surface area contributed by atoms with Crippen LogP contribution in [0.2, 0.25) is 0 Å². The highest BCUT2D eigenvalue weighted by Crippen LogP contribution is 2.25. The Balaban J connectivity index is 2.28. The smallest absolute Gasteiger partial charge is 0.244 e. The van der Waals surface area contributed by atoms with E-state index in [4.69, 9.17) is 4.74 Å². The summed E-state index contributed by atoms with van der Waals surface area (Å²) in [5, 5.41) is 2.96. The number of anilines is 1. The summed E-state index contributed by atoms with van der Waals surface area (Å²) in [5.74, 6) is 0.245. The molecule has 0 radical (unpaired) electrons. The first-order valence-electron chi connectivity index (χ1n) is 9.47. The summed E-state index contributed by atoms with van der Waals surface area (Å²) < 4.78 is 31.1. The number of aryl methyl sites for hydroxylation is 3. The van der Waals surface area contributed by atoms with Crippen molar-refractivity contribution in [1.82, 2.24) is 5.32 Å². The van der Waals surface area contributed by atoms with Gasteiger partial charge in [0.05, 0.1) is 25.1 Å². The zero-order valence-electron chi connectivity index (χ0n) is 18.1. The molecule has 158 valence electrons. The van der Waals surface area contributed by atoms with Gasteiger partial charge < -0.3 is 10.1 Å². The van der Waals surface area contributed by atoms with Gasteiger partial charge in [-0.15, -0.1) is 0 Å². The number of ether oxygens (including phenoxy) is 1. The molecule has 29 heavy (non-hydrogen) atoms. The SMILES string of the molecule is COc1ccc(N([C@H](C)C(=O)N[C@@H](C)c2cc(C)c(C)cc2C)S(C)(=O)=O)cc1. The lowest BCUT2D eigenvalue weighted by Crippen LogP contribution is -2.48. The van der Waals surface area contributed by atoms with Crippen LogP contribution in [0.3, 0.4) is 0 Å². The van der Waals surface area contributed by atoms with Gasteiger partial charge in [0.25, 0.3) is 0 Å². The number of hydrogen-bond acceptors (Lipinski definition) is 4. The van der Waals surface area contributed by atoms with Crippen molar-refractivity contribution in [3.05, 3.63) is 58.7 Å². The molecule has 0 unspecified atom stereocenters. The summed E-state index contributed by atoms with van der Waals surface area (Å²) in [7, 11) is -2.13. The molecular formula is C22H30N2O4S. The highest BCUT2D eigenvalue weighted by atomic mass is 32.2. The lowest BCUT2D eigenvalue weighted by atomic mass is 9.96. The van der Waals surface area contributed by atoms with Gasteiger partial charge in [0.1, 0.15) is 11.8 Å². The predicted octanol–water partition coefficient (Wildman–Crippen LogP) is 3.65. The fraction of sp³-hybridized carbons (Fsp3) is 0.409. The van der Waals surface area contributed by atoms with Crippen molar-refractivity contribution >= 4 is 21.6 Å². The number of sulfonamides is 1. The van der Waals surface area contributed by atoms with Crippen LogP contribution in [0, 0.1) is 20.8 Å².